The van der Waals surface area contributed by atoms with E-state index in [0.29, 0.717) is 12.5 Å². The molecule has 0 saturated heterocycles. The van der Waals surface area contributed by atoms with Crippen LogP contribution in [0.4, 0.5) is 28.9 Å². The van der Waals surface area contributed by atoms with Crippen LogP contribution in [0.25, 0.3) is 11.4 Å². The van der Waals surface area contributed by atoms with Crippen LogP contribution >= 0.6 is 0 Å². The van der Waals surface area contributed by atoms with Gasteiger partial charge in [0.2, 0.25) is 5.82 Å². The molecule has 0 aliphatic heterocycles. The minimum atomic E-state index is -4.79. The first-order valence-corrected chi connectivity index (χ1v) is 8.75. The average Bonchev–Trinajstić information content (AvgIpc) is 3.35. The van der Waals surface area contributed by atoms with E-state index in [4.69, 9.17) is 0 Å². The molecule has 11 heteroatoms. The zero-order valence-electron chi connectivity index (χ0n) is 14.8. The summed E-state index contributed by atoms with van der Waals surface area (Å²) in [5.74, 6) is -2.16. The number of rotatable bonds is 7. The summed E-state index contributed by atoms with van der Waals surface area (Å²) in [6.45, 7) is 0.516. The minimum Gasteiger partial charge on any atom is -0.380 e. The summed E-state index contributed by atoms with van der Waals surface area (Å²) in [6, 6.07) is 3.62. The second kappa shape index (κ2) is 6.98. The predicted molar refractivity (Wildman–Crippen MR) is 94.6 cm³/mol. The number of hydrogen-bond acceptors (Lipinski definition) is 7. The third-order valence-electron chi connectivity index (χ3n) is 4.61. The normalized spacial score (nSPS) is 14.3. The van der Waals surface area contributed by atoms with E-state index in [0.717, 1.165) is 18.9 Å². The molecule has 4 rings (SSSR count). The van der Waals surface area contributed by atoms with Crippen molar-refractivity contribution in [3.05, 3.63) is 55.9 Å². The molecule has 0 spiro atoms. The zero-order chi connectivity index (χ0) is 20.8. The number of nitrogens with one attached hydrogen (secondary N) is 2. The lowest BCUT2D eigenvalue weighted by Gasteiger charge is -2.15. The van der Waals surface area contributed by atoms with Gasteiger partial charge < -0.3 is 15.2 Å². The van der Waals surface area contributed by atoms with Crippen molar-refractivity contribution in [3.8, 4) is 11.4 Å². The van der Waals surface area contributed by atoms with Crippen LogP contribution < -0.4 is 21.5 Å². The first kappa shape index (κ1) is 19.1. The van der Waals surface area contributed by atoms with Gasteiger partial charge in [-0.05, 0) is 24.8 Å². The van der Waals surface area contributed by atoms with Crippen molar-refractivity contribution in [2.75, 3.05) is 17.2 Å². The van der Waals surface area contributed by atoms with E-state index in [9.17, 15) is 27.2 Å². The second-order valence-electron chi connectivity index (χ2n) is 6.81. The summed E-state index contributed by atoms with van der Waals surface area (Å²) in [6.07, 6.45) is -2.64. The Morgan fingerprint density at radius 2 is 1.79 bits per heavy atom. The number of anilines is 2. The third kappa shape index (κ3) is 3.84. The van der Waals surface area contributed by atoms with Crippen LogP contribution in [-0.4, -0.2) is 16.7 Å². The van der Waals surface area contributed by atoms with Gasteiger partial charge in [0.25, 0.3) is 10.9 Å². The van der Waals surface area contributed by atoms with Crippen molar-refractivity contribution in [3.63, 3.8) is 0 Å². The minimum absolute atomic E-state index is 0.00593. The molecule has 2 N–H and O–H groups in total. The molecular formula is C18H14F4N4O3. The summed E-state index contributed by atoms with van der Waals surface area (Å²) < 4.78 is 56.1. The first-order chi connectivity index (χ1) is 13.7. The van der Waals surface area contributed by atoms with Crippen LogP contribution in [0.15, 0.2) is 32.3 Å². The maximum Gasteiger partial charge on any atom is 0.471 e. The number of halogens is 4. The molecule has 7 nitrogen and oxygen atoms in total. The summed E-state index contributed by atoms with van der Waals surface area (Å²) in [5, 5.41) is 8.89. The fourth-order valence-corrected chi connectivity index (χ4v) is 2.77. The highest BCUT2D eigenvalue weighted by Crippen LogP contribution is 2.30. The van der Waals surface area contributed by atoms with Gasteiger partial charge in [-0.3, -0.25) is 9.59 Å². The van der Waals surface area contributed by atoms with Crippen molar-refractivity contribution < 1.29 is 22.1 Å². The van der Waals surface area contributed by atoms with Gasteiger partial charge in [0.15, 0.2) is 0 Å². The van der Waals surface area contributed by atoms with Gasteiger partial charge in [-0.1, -0.05) is 17.3 Å². The Morgan fingerprint density at radius 1 is 1.10 bits per heavy atom. The Morgan fingerprint density at radius 3 is 2.38 bits per heavy atom. The van der Waals surface area contributed by atoms with E-state index in [-0.39, 0.29) is 29.0 Å². The lowest BCUT2D eigenvalue weighted by atomic mass is 10.1. The van der Waals surface area contributed by atoms with E-state index in [1.807, 2.05) is 0 Å². The maximum atomic E-state index is 14.4. The summed E-state index contributed by atoms with van der Waals surface area (Å²) in [4.78, 5) is 26.6. The Kier molecular flexibility index (Phi) is 4.59. The molecule has 29 heavy (non-hydrogen) atoms. The zero-order valence-corrected chi connectivity index (χ0v) is 14.8. The Bertz CT molecular complexity index is 1130. The van der Waals surface area contributed by atoms with Gasteiger partial charge in [0, 0.05) is 24.2 Å². The number of alkyl halides is 3. The highest BCUT2D eigenvalue weighted by molar-refractivity contribution is 5.74. The van der Waals surface area contributed by atoms with E-state index in [1.165, 1.54) is 12.1 Å². The van der Waals surface area contributed by atoms with Crippen molar-refractivity contribution in [2.24, 2.45) is 5.92 Å². The van der Waals surface area contributed by atoms with Crippen molar-refractivity contribution in [1.82, 2.24) is 10.1 Å². The first-order valence-electron chi connectivity index (χ1n) is 8.75. The second-order valence-corrected chi connectivity index (χ2v) is 6.81. The fraction of sp³-hybridized carbons (Fsp3) is 0.333. The monoisotopic (exact) mass is 410 g/mol. The molecule has 1 aliphatic carbocycles. The van der Waals surface area contributed by atoms with Crippen LogP contribution in [0, 0.1) is 11.7 Å². The number of benzene rings is 1. The van der Waals surface area contributed by atoms with Gasteiger partial charge in [-0.15, -0.1) is 0 Å². The summed E-state index contributed by atoms with van der Waals surface area (Å²) in [7, 11) is 0. The van der Waals surface area contributed by atoms with Gasteiger partial charge in [-0.2, -0.15) is 18.2 Å². The van der Waals surface area contributed by atoms with Gasteiger partial charge >= 0.3 is 12.1 Å². The molecule has 1 aliphatic rings. The van der Waals surface area contributed by atoms with Crippen LogP contribution in [-0.2, 0) is 12.7 Å². The SMILES string of the molecule is O=c1c(NCc2ccc(-c3noc(C(F)(F)F)n3)cc2F)c(NCC2CC2)c1=O. The average molecular weight is 410 g/mol. The molecule has 0 atom stereocenters. The Balaban J connectivity index is 1.45. The Hall–Kier alpha value is -3.24. The fourth-order valence-electron chi connectivity index (χ4n) is 2.77. The van der Waals surface area contributed by atoms with Crippen molar-refractivity contribution >= 4 is 11.4 Å². The molecular weight excluding hydrogens is 396 g/mol. The van der Waals surface area contributed by atoms with Crippen LogP contribution in [0.5, 0.6) is 0 Å². The summed E-state index contributed by atoms with van der Waals surface area (Å²) in [5.41, 5.74) is -0.827. The Labute approximate surface area is 160 Å². The molecule has 1 aromatic heterocycles. The van der Waals surface area contributed by atoms with Gasteiger partial charge in [0.1, 0.15) is 17.2 Å². The van der Waals surface area contributed by atoms with E-state index >= 15 is 0 Å². The molecule has 0 bridgehead atoms. The molecule has 1 heterocycles. The molecule has 1 saturated carbocycles. The molecule has 0 amide bonds. The maximum absolute atomic E-state index is 14.4. The number of nitrogens with zero attached hydrogens (tertiary/aromatic N) is 2. The number of aromatic nitrogens is 2. The van der Waals surface area contributed by atoms with E-state index in [1.54, 1.807) is 0 Å². The molecule has 152 valence electrons. The van der Waals surface area contributed by atoms with E-state index in [2.05, 4.69) is 25.3 Å². The molecule has 2 aromatic carbocycles. The largest absolute Gasteiger partial charge is 0.471 e. The van der Waals surface area contributed by atoms with Gasteiger partial charge in [-0.25, -0.2) is 4.39 Å². The third-order valence-corrected chi connectivity index (χ3v) is 4.61. The van der Waals surface area contributed by atoms with E-state index < -0.39 is 34.6 Å². The highest BCUT2D eigenvalue weighted by atomic mass is 19.4. The number of hydrogen-bond donors (Lipinski definition) is 2. The quantitative estimate of drug-likeness (QED) is 0.457. The summed E-state index contributed by atoms with van der Waals surface area (Å²) >= 11 is 0. The molecule has 3 aromatic rings. The van der Waals surface area contributed by atoms with Crippen molar-refractivity contribution in [1.29, 1.82) is 0 Å². The molecule has 0 radical (unpaired) electrons. The highest BCUT2D eigenvalue weighted by Gasteiger charge is 2.38. The van der Waals surface area contributed by atoms with Crippen LogP contribution in [0.1, 0.15) is 24.3 Å². The van der Waals surface area contributed by atoms with Gasteiger partial charge in [0.05, 0.1) is 0 Å². The molecule has 0 unspecified atom stereocenters. The standard InChI is InChI=1S/C18H14F4N4O3/c19-11-5-9(16-25-17(29-26-16)18(20,21)22)3-4-10(11)7-24-13-12(14(27)15(13)28)23-6-8-1-2-8/h3-5,8,23-24H,1-2,6-7H2. The lowest BCUT2D eigenvalue weighted by Crippen LogP contribution is -2.37. The lowest BCUT2D eigenvalue weighted by molar-refractivity contribution is -0.159. The van der Waals surface area contributed by atoms with Crippen LogP contribution in [0.2, 0.25) is 0 Å². The predicted octanol–water partition coefficient (Wildman–Crippen LogP) is 2.92. The topological polar surface area (TPSA) is 97.1 Å². The smallest absolute Gasteiger partial charge is 0.380 e. The van der Waals surface area contributed by atoms with Crippen LogP contribution in [0.3, 0.4) is 0 Å². The van der Waals surface area contributed by atoms with Crippen molar-refractivity contribution in [2.45, 2.75) is 25.6 Å². The molecule has 1 fully saturated rings.